The fourth-order valence-corrected chi connectivity index (χ4v) is 2.07. The Morgan fingerprint density at radius 3 is 2.71 bits per heavy atom. The molecule has 0 atom stereocenters. The SMILES string of the molecule is CCCCCn1nc(OCc2ccccc2)c(C#N)c1N. The van der Waals surface area contributed by atoms with Crippen molar-refractivity contribution in [2.24, 2.45) is 0 Å². The van der Waals surface area contributed by atoms with Crippen molar-refractivity contribution in [3.63, 3.8) is 0 Å². The molecule has 5 heteroatoms. The lowest BCUT2D eigenvalue weighted by Gasteiger charge is -2.03. The number of nitrogens with two attached hydrogens (primary N) is 1. The summed E-state index contributed by atoms with van der Waals surface area (Å²) in [6.45, 7) is 3.23. The molecule has 21 heavy (non-hydrogen) atoms. The van der Waals surface area contributed by atoms with E-state index in [0.29, 0.717) is 30.4 Å². The molecule has 1 aromatic heterocycles. The number of unbranched alkanes of at least 4 members (excludes halogenated alkanes) is 2. The summed E-state index contributed by atoms with van der Waals surface area (Å²) < 4.78 is 7.31. The number of hydrogen-bond donors (Lipinski definition) is 1. The van der Waals surface area contributed by atoms with Gasteiger partial charge in [-0.3, -0.25) is 0 Å². The largest absolute Gasteiger partial charge is 0.471 e. The second-order valence-corrected chi connectivity index (χ2v) is 4.88. The lowest BCUT2D eigenvalue weighted by molar-refractivity contribution is 0.288. The van der Waals surface area contributed by atoms with Crippen LogP contribution in [0.2, 0.25) is 0 Å². The monoisotopic (exact) mass is 284 g/mol. The molecule has 110 valence electrons. The smallest absolute Gasteiger partial charge is 0.253 e. The number of aryl methyl sites for hydroxylation is 1. The maximum atomic E-state index is 9.22. The molecule has 0 saturated heterocycles. The van der Waals surface area contributed by atoms with Gasteiger partial charge in [0.15, 0.2) is 5.56 Å². The summed E-state index contributed by atoms with van der Waals surface area (Å²) in [5.41, 5.74) is 7.31. The quantitative estimate of drug-likeness (QED) is 0.792. The Kier molecular flexibility index (Phi) is 5.22. The van der Waals surface area contributed by atoms with Gasteiger partial charge in [-0.15, -0.1) is 5.10 Å². The van der Waals surface area contributed by atoms with Crippen LogP contribution in [0.4, 0.5) is 5.82 Å². The molecule has 0 spiro atoms. The Bertz CT molecular complexity index is 613. The predicted octanol–water partition coefficient (Wildman–Crippen LogP) is 3.11. The molecule has 0 aliphatic heterocycles. The number of nitrogen functional groups attached to an aromatic ring is 1. The number of benzene rings is 1. The van der Waals surface area contributed by atoms with Crippen LogP contribution in [-0.2, 0) is 13.2 Å². The molecule has 1 heterocycles. The Labute approximate surface area is 124 Å². The van der Waals surface area contributed by atoms with E-state index in [4.69, 9.17) is 10.5 Å². The van der Waals surface area contributed by atoms with Crippen LogP contribution in [0.3, 0.4) is 0 Å². The average molecular weight is 284 g/mol. The summed E-state index contributed by atoms with van der Waals surface area (Å²) in [5.74, 6) is 0.701. The van der Waals surface area contributed by atoms with Gasteiger partial charge in [0.1, 0.15) is 18.5 Å². The zero-order chi connectivity index (χ0) is 15.1. The van der Waals surface area contributed by atoms with Crippen molar-refractivity contribution in [2.75, 3.05) is 5.73 Å². The summed E-state index contributed by atoms with van der Waals surface area (Å²) in [6.07, 6.45) is 3.23. The highest BCUT2D eigenvalue weighted by atomic mass is 16.5. The number of nitrogens with zero attached hydrogens (tertiary/aromatic N) is 3. The molecule has 1 aromatic carbocycles. The Hall–Kier alpha value is -2.48. The molecule has 0 bridgehead atoms. The van der Waals surface area contributed by atoms with E-state index in [1.165, 1.54) is 0 Å². The van der Waals surface area contributed by atoms with Crippen molar-refractivity contribution >= 4 is 5.82 Å². The normalized spacial score (nSPS) is 10.3. The highest BCUT2D eigenvalue weighted by Gasteiger charge is 2.16. The molecule has 5 nitrogen and oxygen atoms in total. The van der Waals surface area contributed by atoms with E-state index >= 15 is 0 Å². The number of hydrogen-bond acceptors (Lipinski definition) is 4. The summed E-state index contributed by atoms with van der Waals surface area (Å²) >= 11 is 0. The highest BCUT2D eigenvalue weighted by molar-refractivity contribution is 5.55. The molecule has 2 aromatic rings. The first-order valence-electron chi connectivity index (χ1n) is 7.19. The molecular weight excluding hydrogens is 264 g/mol. The van der Waals surface area contributed by atoms with Gasteiger partial charge in [0.05, 0.1) is 0 Å². The van der Waals surface area contributed by atoms with Crippen molar-refractivity contribution < 1.29 is 4.74 Å². The van der Waals surface area contributed by atoms with Crippen molar-refractivity contribution in [2.45, 2.75) is 39.3 Å². The summed E-state index contributed by atoms with van der Waals surface area (Å²) in [7, 11) is 0. The fraction of sp³-hybridized carbons (Fsp3) is 0.375. The van der Waals surface area contributed by atoms with Crippen LogP contribution in [0, 0.1) is 11.3 Å². The van der Waals surface area contributed by atoms with Gasteiger partial charge in [0.25, 0.3) is 5.88 Å². The van der Waals surface area contributed by atoms with Gasteiger partial charge in [-0.25, -0.2) is 4.68 Å². The fourth-order valence-electron chi connectivity index (χ4n) is 2.07. The van der Waals surface area contributed by atoms with Crippen molar-refractivity contribution in [1.29, 1.82) is 5.26 Å². The molecule has 0 saturated carbocycles. The number of rotatable bonds is 7. The van der Waals surface area contributed by atoms with E-state index < -0.39 is 0 Å². The van der Waals surface area contributed by atoms with Crippen LogP contribution >= 0.6 is 0 Å². The standard InChI is InChI=1S/C16H20N4O/c1-2-3-7-10-20-15(18)14(11-17)16(19-20)21-12-13-8-5-4-6-9-13/h4-6,8-9H,2-3,7,10,12,18H2,1H3. The number of anilines is 1. The van der Waals surface area contributed by atoms with E-state index in [1.807, 2.05) is 30.3 Å². The molecule has 0 unspecified atom stereocenters. The minimum atomic E-state index is 0.315. The molecule has 0 amide bonds. The lowest BCUT2D eigenvalue weighted by Crippen LogP contribution is -2.05. The molecule has 2 rings (SSSR count). The first-order valence-corrected chi connectivity index (χ1v) is 7.19. The maximum Gasteiger partial charge on any atom is 0.253 e. The lowest BCUT2D eigenvalue weighted by atomic mass is 10.2. The van der Waals surface area contributed by atoms with Gasteiger partial charge >= 0.3 is 0 Å². The van der Waals surface area contributed by atoms with Crippen molar-refractivity contribution in [1.82, 2.24) is 9.78 Å². The Morgan fingerprint density at radius 1 is 1.29 bits per heavy atom. The third-order valence-corrected chi connectivity index (χ3v) is 3.26. The molecule has 0 aliphatic carbocycles. The predicted molar refractivity (Wildman–Crippen MR) is 81.7 cm³/mol. The van der Waals surface area contributed by atoms with Gasteiger partial charge in [0.2, 0.25) is 0 Å². The highest BCUT2D eigenvalue weighted by Crippen LogP contribution is 2.24. The summed E-state index contributed by atoms with van der Waals surface area (Å²) in [5, 5.41) is 13.5. The first kappa shape index (κ1) is 14.9. The van der Waals surface area contributed by atoms with E-state index in [9.17, 15) is 5.26 Å². The van der Waals surface area contributed by atoms with Gasteiger partial charge in [-0.2, -0.15) is 5.26 Å². The second kappa shape index (κ2) is 7.34. The zero-order valence-corrected chi connectivity index (χ0v) is 12.2. The molecule has 2 N–H and O–H groups in total. The van der Waals surface area contributed by atoms with E-state index in [0.717, 1.165) is 24.8 Å². The number of aromatic nitrogens is 2. The van der Waals surface area contributed by atoms with Crippen molar-refractivity contribution in [3.05, 3.63) is 41.5 Å². The van der Waals surface area contributed by atoms with Crippen LogP contribution in [0.1, 0.15) is 37.3 Å². The minimum absolute atomic E-state index is 0.315. The average Bonchev–Trinajstić information content (AvgIpc) is 2.82. The Balaban J connectivity index is 2.08. The zero-order valence-electron chi connectivity index (χ0n) is 12.2. The molecular formula is C16H20N4O. The molecule has 0 fully saturated rings. The second-order valence-electron chi connectivity index (χ2n) is 4.88. The van der Waals surface area contributed by atoms with Crippen LogP contribution < -0.4 is 10.5 Å². The third kappa shape index (κ3) is 3.76. The molecule has 0 aliphatic rings. The van der Waals surface area contributed by atoms with Crippen LogP contribution in [0.25, 0.3) is 0 Å². The van der Waals surface area contributed by atoms with E-state index in [1.54, 1.807) is 4.68 Å². The molecule has 0 radical (unpaired) electrons. The van der Waals surface area contributed by atoms with Crippen LogP contribution in [0.5, 0.6) is 5.88 Å². The van der Waals surface area contributed by atoms with Crippen LogP contribution in [0.15, 0.2) is 30.3 Å². The van der Waals surface area contributed by atoms with E-state index in [-0.39, 0.29) is 0 Å². The number of ether oxygens (including phenoxy) is 1. The third-order valence-electron chi connectivity index (χ3n) is 3.26. The first-order chi connectivity index (χ1) is 10.3. The summed E-state index contributed by atoms with van der Waals surface area (Å²) in [4.78, 5) is 0. The topological polar surface area (TPSA) is 76.9 Å². The van der Waals surface area contributed by atoms with Gasteiger partial charge < -0.3 is 10.5 Å². The van der Waals surface area contributed by atoms with Crippen LogP contribution in [-0.4, -0.2) is 9.78 Å². The maximum absolute atomic E-state index is 9.22. The van der Waals surface area contributed by atoms with Gasteiger partial charge in [-0.05, 0) is 12.0 Å². The minimum Gasteiger partial charge on any atom is -0.471 e. The van der Waals surface area contributed by atoms with Gasteiger partial charge in [-0.1, -0.05) is 50.1 Å². The van der Waals surface area contributed by atoms with E-state index in [2.05, 4.69) is 18.1 Å². The van der Waals surface area contributed by atoms with Crippen molar-refractivity contribution in [3.8, 4) is 11.9 Å². The Morgan fingerprint density at radius 2 is 2.05 bits per heavy atom. The number of nitriles is 1. The van der Waals surface area contributed by atoms with Gasteiger partial charge in [0, 0.05) is 6.54 Å². The summed E-state index contributed by atoms with van der Waals surface area (Å²) in [6, 6.07) is 11.9.